The smallest absolute Gasteiger partial charge is 0.248 e. The third-order valence-electron chi connectivity index (χ3n) is 3.37. The highest BCUT2D eigenvalue weighted by atomic mass is 16.5. The van der Waals surface area contributed by atoms with Crippen molar-refractivity contribution in [2.45, 2.75) is 6.04 Å². The summed E-state index contributed by atoms with van der Waals surface area (Å²) in [7, 11) is 0. The van der Waals surface area contributed by atoms with Gasteiger partial charge >= 0.3 is 0 Å². The average Bonchev–Trinajstić information content (AvgIpc) is 2.56. The number of piperazine rings is 1. The lowest BCUT2D eigenvalue weighted by Crippen LogP contribution is -2.57. The molecule has 1 fully saturated rings. The molecule has 2 aromatic rings. The second-order valence-corrected chi connectivity index (χ2v) is 5.18. The zero-order valence-corrected chi connectivity index (χ0v) is 12.4. The Bertz CT molecular complexity index is 703. The van der Waals surface area contributed by atoms with Crippen LogP contribution in [0.2, 0.25) is 0 Å². The van der Waals surface area contributed by atoms with Crippen molar-refractivity contribution in [3.8, 4) is 11.5 Å². The molecule has 0 unspecified atom stereocenters. The first-order valence-corrected chi connectivity index (χ1v) is 7.34. The SMILES string of the molecule is O=C1CNC[C@H](C(=O)Nc2cccc(Oc3ccccc3)c2)N1. The van der Waals surface area contributed by atoms with E-state index >= 15 is 0 Å². The molecule has 0 spiro atoms. The van der Waals surface area contributed by atoms with Gasteiger partial charge in [-0.05, 0) is 24.3 Å². The minimum absolute atomic E-state index is 0.183. The molecule has 3 rings (SSSR count). The lowest BCUT2D eigenvalue weighted by molar-refractivity contribution is -0.127. The monoisotopic (exact) mass is 311 g/mol. The minimum atomic E-state index is -0.574. The molecule has 118 valence electrons. The summed E-state index contributed by atoms with van der Waals surface area (Å²) in [5.41, 5.74) is 0.614. The number of amides is 2. The molecule has 1 saturated heterocycles. The van der Waals surface area contributed by atoms with Crippen LogP contribution in [0.5, 0.6) is 11.5 Å². The summed E-state index contributed by atoms with van der Waals surface area (Å²) in [6.45, 7) is 0.655. The molecule has 0 saturated carbocycles. The van der Waals surface area contributed by atoms with Crippen LogP contribution in [0.3, 0.4) is 0 Å². The van der Waals surface area contributed by atoms with Crippen molar-refractivity contribution in [2.24, 2.45) is 0 Å². The maximum absolute atomic E-state index is 12.2. The van der Waals surface area contributed by atoms with Gasteiger partial charge in [-0.1, -0.05) is 24.3 Å². The summed E-state index contributed by atoms with van der Waals surface area (Å²) in [6, 6.07) is 15.9. The highest BCUT2D eigenvalue weighted by Gasteiger charge is 2.24. The van der Waals surface area contributed by atoms with Crippen LogP contribution in [-0.4, -0.2) is 30.9 Å². The Kier molecular flexibility index (Phi) is 4.54. The van der Waals surface area contributed by atoms with Crippen molar-refractivity contribution in [3.63, 3.8) is 0 Å². The van der Waals surface area contributed by atoms with Gasteiger partial charge < -0.3 is 20.7 Å². The number of anilines is 1. The van der Waals surface area contributed by atoms with Crippen LogP contribution in [-0.2, 0) is 9.59 Å². The molecule has 0 aliphatic carbocycles. The Labute approximate surface area is 133 Å². The van der Waals surface area contributed by atoms with Gasteiger partial charge in [0.05, 0.1) is 6.54 Å². The zero-order valence-electron chi connectivity index (χ0n) is 12.4. The molecule has 1 atom stereocenters. The Morgan fingerprint density at radius 2 is 1.87 bits per heavy atom. The average molecular weight is 311 g/mol. The molecule has 0 aromatic heterocycles. The molecule has 23 heavy (non-hydrogen) atoms. The summed E-state index contributed by atoms with van der Waals surface area (Å²) in [6.07, 6.45) is 0. The quantitative estimate of drug-likeness (QED) is 0.799. The zero-order chi connectivity index (χ0) is 16.1. The normalized spacial score (nSPS) is 17.2. The Morgan fingerprint density at radius 3 is 2.65 bits per heavy atom. The Balaban J connectivity index is 1.65. The van der Waals surface area contributed by atoms with E-state index in [4.69, 9.17) is 4.74 Å². The highest BCUT2D eigenvalue weighted by Crippen LogP contribution is 2.23. The highest BCUT2D eigenvalue weighted by molar-refractivity contribution is 5.98. The maximum Gasteiger partial charge on any atom is 0.248 e. The van der Waals surface area contributed by atoms with Gasteiger partial charge in [-0.15, -0.1) is 0 Å². The van der Waals surface area contributed by atoms with Crippen LogP contribution in [0, 0.1) is 0 Å². The van der Waals surface area contributed by atoms with Crippen LogP contribution in [0.4, 0.5) is 5.69 Å². The summed E-state index contributed by atoms with van der Waals surface area (Å²) in [5, 5.41) is 8.33. The fourth-order valence-corrected chi connectivity index (χ4v) is 2.28. The van der Waals surface area contributed by atoms with Crippen molar-refractivity contribution < 1.29 is 14.3 Å². The lowest BCUT2D eigenvalue weighted by atomic mass is 10.2. The van der Waals surface area contributed by atoms with Crippen LogP contribution in [0.25, 0.3) is 0 Å². The van der Waals surface area contributed by atoms with Crippen LogP contribution >= 0.6 is 0 Å². The van der Waals surface area contributed by atoms with E-state index in [1.807, 2.05) is 36.4 Å². The molecule has 1 aliphatic rings. The topological polar surface area (TPSA) is 79.5 Å². The number of hydrogen-bond donors (Lipinski definition) is 3. The molecule has 0 bridgehead atoms. The molecule has 2 aromatic carbocycles. The second-order valence-electron chi connectivity index (χ2n) is 5.18. The summed E-state index contributed by atoms with van der Waals surface area (Å²) in [5.74, 6) is 0.902. The number of para-hydroxylation sites is 1. The summed E-state index contributed by atoms with van der Waals surface area (Å²) in [4.78, 5) is 23.5. The molecular formula is C17H17N3O3. The summed E-state index contributed by atoms with van der Waals surface area (Å²) < 4.78 is 5.73. The first-order valence-electron chi connectivity index (χ1n) is 7.34. The predicted molar refractivity (Wildman–Crippen MR) is 86.4 cm³/mol. The number of nitrogens with one attached hydrogen (secondary N) is 3. The molecule has 3 N–H and O–H groups in total. The largest absolute Gasteiger partial charge is 0.457 e. The Morgan fingerprint density at radius 1 is 1.09 bits per heavy atom. The van der Waals surface area contributed by atoms with Gasteiger partial charge in [0, 0.05) is 18.3 Å². The number of rotatable bonds is 4. The van der Waals surface area contributed by atoms with E-state index in [2.05, 4.69) is 16.0 Å². The van der Waals surface area contributed by atoms with E-state index in [1.54, 1.807) is 18.2 Å². The molecule has 6 heteroatoms. The summed E-state index contributed by atoms with van der Waals surface area (Å²) >= 11 is 0. The van der Waals surface area contributed by atoms with Crippen molar-refractivity contribution in [1.82, 2.24) is 10.6 Å². The first-order chi connectivity index (χ1) is 11.2. The van der Waals surface area contributed by atoms with Crippen molar-refractivity contribution in [2.75, 3.05) is 18.4 Å². The molecule has 1 aliphatic heterocycles. The van der Waals surface area contributed by atoms with E-state index in [1.165, 1.54) is 0 Å². The van der Waals surface area contributed by atoms with Crippen LogP contribution in [0.15, 0.2) is 54.6 Å². The van der Waals surface area contributed by atoms with E-state index in [9.17, 15) is 9.59 Å². The number of benzene rings is 2. The standard InChI is InChI=1S/C17H17N3O3/c21-16-11-18-10-15(20-16)17(22)19-12-5-4-8-14(9-12)23-13-6-2-1-3-7-13/h1-9,15,18H,10-11H2,(H,19,22)(H,20,21)/t15-/m1/s1. The van der Waals surface area contributed by atoms with Crippen LogP contribution in [0.1, 0.15) is 0 Å². The van der Waals surface area contributed by atoms with Crippen molar-refractivity contribution >= 4 is 17.5 Å². The number of hydrogen-bond acceptors (Lipinski definition) is 4. The third kappa shape index (κ3) is 4.08. The number of ether oxygens (including phenoxy) is 1. The van der Waals surface area contributed by atoms with Gasteiger partial charge in [-0.3, -0.25) is 9.59 Å². The fraction of sp³-hybridized carbons (Fsp3) is 0.176. The maximum atomic E-state index is 12.2. The van der Waals surface area contributed by atoms with Gasteiger partial charge in [-0.2, -0.15) is 0 Å². The number of carbonyl (C=O) groups is 2. The van der Waals surface area contributed by atoms with Gasteiger partial charge in [-0.25, -0.2) is 0 Å². The number of carbonyl (C=O) groups excluding carboxylic acids is 2. The molecule has 1 heterocycles. The van der Waals surface area contributed by atoms with Crippen LogP contribution < -0.4 is 20.7 Å². The van der Waals surface area contributed by atoms with Crippen molar-refractivity contribution in [1.29, 1.82) is 0 Å². The minimum Gasteiger partial charge on any atom is -0.457 e. The van der Waals surface area contributed by atoms with E-state index in [0.29, 0.717) is 18.0 Å². The molecule has 2 amide bonds. The van der Waals surface area contributed by atoms with Crippen molar-refractivity contribution in [3.05, 3.63) is 54.6 Å². The van der Waals surface area contributed by atoms with Gasteiger partial charge in [0.2, 0.25) is 11.8 Å². The molecule has 6 nitrogen and oxygen atoms in total. The van der Waals surface area contributed by atoms with E-state index in [-0.39, 0.29) is 18.4 Å². The Hall–Kier alpha value is -2.86. The first kappa shape index (κ1) is 15.1. The molecular weight excluding hydrogens is 294 g/mol. The third-order valence-corrected chi connectivity index (χ3v) is 3.37. The second kappa shape index (κ2) is 6.93. The van der Waals surface area contributed by atoms with Gasteiger partial charge in [0.15, 0.2) is 0 Å². The predicted octanol–water partition coefficient (Wildman–Crippen LogP) is 1.51. The lowest BCUT2D eigenvalue weighted by Gasteiger charge is -2.23. The van der Waals surface area contributed by atoms with E-state index in [0.717, 1.165) is 5.75 Å². The van der Waals surface area contributed by atoms with Gasteiger partial charge in [0.1, 0.15) is 17.5 Å². The fourth-order valence-electron chi connectivity index (χ4n) is 2.28. The molecule has 0 radical (unpaired) electrons. The van der Waals surface area contributed by atoms with E-state index < -0.39 is 6.04 Å². The van der Waals surface area contributed by atoms with Gasteiger partial charge in [0.25, 0.3) is 0 Å².